The Labute approximate surface area is 113 Å². The summed E-state index contributed by atoms with van der Waals surface area (Å²) in [4.78, 5) is 2.29. The monoisotopic (exact) mass is 268 g/mol. The molecule has 1 aliphatic heterocycles. The second-order valence-corrected chi connectivity index (χ2v) is 5.48. The molecule has 2 nitrogen and oxygen atoms in total. The molecule has 0 bridgehead atoms. The molecule has 19 heavy (non-hydrogen) atoms. The van der Waals surface area contributed by atoms with Gasteiger partial charge in [0.2, 0.25) is 0 Å². The van der Waals surface area contributed by atoms with Crippen LogP contribution in [0.25, 0.3) is 0 Å². The summed E-state index contributed by atoms with van der Waals surface area (Å²) in [5.74, 6) is -0.357. The number of likely N-dealkylation sites (tertiary alicyclic amines) is 1. The van der Waals surface area contributed by atoms with Crippen LogP contribution in [0.4, 0.5) is 8.78 Å². The fourth-order valence-electron chi connectivity index (χ4n) is 2.90. The van der Waals surface area contributed by atoms with Crippen LogP contribution in [0.1, 0.15) is 37.8 Å². The van der Waals surface area contributed by atoms with Gasteiger partial charge in [-0.05, 0) is 31.4 Å². The number of rotatable bonds is 5. The van der Waals surface area contributed by atoms with E-state index in [0.29, 0.717) is 12.1 Å². The first-order valence-corrected chi connectivity index (χ1v) is 7.03. The maximum atomic E-state index is 13.6. The fraction of sp³-hybridized carbons (Fsp3) is 0.600. The zero-order valence-electron chi connectivity index (χ0n) is 11.4. The van der Waals surface area contributed by atoms with Gasteiger partial charge >= 0.3 is 0 Å². The van der Waals surface area contributed by atoms with Gasteiger partial charge in [-0.15, -0.1) is 0 Å². The highest BCUT2D eigenvalue weighted by Crippen LogP contribution is 2.24. The Morgan fingerprint density at radius 3 is 2.89 bits per heavy atom. The number of benzene rings is 1. The summed E-state index contributed by atoms with van der Waals surface area (Å²) in [6.07, 6.45) is 3.65. The van der Waals surface area contributed by atoms with Gasteiger partial charge in [0.05, 0.1) is 0 Å². The van der Waals surface area contributed by atoms with E-state index in [0.717, 1.165) is 25.1 Å². The fourth-order valence-corrected chi connectivity index (χ4v) is 2.90. The van der Waals surface area contributed by atoms with E-state index in [4.69, 9.17) is 5.73 Å². The Balaban J connectivity index is 1.92. The van der Waals surface area contributed by atoms with Crippen LogP contribution in [-0.4, -0.2) is 24.5 Å². The normalized spacial score (nSPS) is 21.8. The predicted octanol–water partition coefficient (Wildman–Crippen LogP) is 3.09. The smallest absolute Gasteiger partial charge is 0.130 e. The van der Waals surface area contributed by atoms with Crippen molar-refractivity contribution >= 4 is 0 Å². The Bertz CT molecular complexity index is 423. The van der Waals surface area contributed by atoms with Gasteiger partial charge < -0.3 is 10.6 Å². The molecule has 1 fully saturated rings. The van der Waals surface area contributed by atoms with Crippen LogP contribution in [0, 0.1) is 17.6 Å². The SMILES string of the molecule is CCCC1CCN(CC(N)c2ccc(F)cc2F)C1. The lowest BCUT2D eigenvalue weighted by atomic mass is 10.0. The Morgan fingerprint density at radius 2 is 2.21 bits per heavy atom. The van der Waals surface area contributed by atoms with Gasteiger partial charge in [0, 0.05) is 30.8 Å². The predicted molar refractivity (Wildman–Crippen MR) is 72.7 cm³/mol. The van der Waals surface area contributed by atoms with Crippen molar-refractivity contribution in [1.29, 1.82) is 0 Å². The number of hydrogen-bond acceptors (Lipinski definition) is 2. The lowest BCUT2D eigenvalue weighted by Crippen LogP contribution is -2.31. The van der Waals surface area contributed by atoms with Crippen molar-refractivity contribution in [2.45, 2.75) is 32.2 Å². The van der Waals surface area contributed by atoms with E-state index in [9.17, 15) is 8.78 Å². The second-order valence-electron chi connectivity index (χ2n) is 5.48. The number of halogens is 2. The summed E-state index contributed by atoms with van der Waals surface area (Å²) in [7, 11) is 0. The van der Waals surface area contributed by atoms with Crippen LogP contribution in [0.3, 0.4) is 0 Å². The molecule has 1 aliphatic rings. The first-order chi connectivity index (χ1) is 9.10. The van der Waals surface area contributed by atoms with Gasteiger partial charge in [-0.1, -0.05) is 19.4 Å². The average Bonchev–Trinajstić information content (AvgIpc) is 2.76. The lowest BCUT2D eigenvalue weighted by molar-refractivity contribution is 0.298. The van der Waals surface area contributed by atoms with Gasteiger partial charge in [-0.2, -0.15) is 0 Å². The molecule has 0 amide bonds. The van der Waals surface area contributed by atoms with E-state index in [2.05, 4.69) is 11.8 Å². The average molecular weight is 268 g/mol. The van der Waals surface area contributed by atoms with E-state index in [1.165, 1.54) is 31.4 Å². The van der Waals surface area contributed by atoms with Crippen LogP contribution in [0.5, 0.6) is 0 Å². The van der Waals surface area contributed by atoms with Gasteiger partial charge in [0.15, 0.2) is 0 Å². The maximum Gasteiger partial charge on any atom is 0.130 e. The van der Waals surface area contributed by atoms with Crippen LogP contribution in [0.15, 0.2) is 18.2 Å². The van der Waals surface area contributed by atoms with Gasteiger partial charge in [-0.3, -0.25) is 0 Å². The summed E-state index contributed by atoms with van der Waals surface area (Å²) in [6, 6.07) is 3.23. The second kappa shape index (κ2) is 6.44. The molecule has 4 heteroatoms. The minimum absolute atomic E-state index is 0.388. The highest BCUT2D eigenvalue weighted by atomic mass is 19.1. The molecule has 106 valence electrons. The van der Waals surface area contributed by atoms with Crippen molar-refractivity contribution in [3.05, 3.63) is 35.4 Å². The Morgan fingerprint density at radius 1 is 1.42 bits per heavy atom. The third-order valence-electron chi connectivity index (χ3n) is 3.88. The van der Waals surface area contributed by atoms with E-state index in [1.54, 1.807) is 0 Å². The molecular weight excluding hydrogens is 246 g/mol. The van der Waals surface area contributed by atoms with Crippen LogP contribution in [-0.2, 0) is 0 Å². The molecule has 0 saturated carbocycles. The van der Waals surface area contributed by atoms with E-state index >= 15 is 0 Å². The summed E-state index contributed by atoms with van der Waals surface area (Å²) in [5, 5.41) is 0. The minimum Gasteiger partial charge on any atom is -0.323 e. The van der Waals surface area contributed by atoms with Crippen molar-refractivity contribution in [2.24, 2.45) is 11.7 Å². The number of nitrogens with two attached hydrogens (primary N) is 1. The molecule has 0 radical (unpaired) electrons. The number of nitrogens with zero attached hydrogens (tertiary/aromatic N) is 1. The lowest BCUT2D eigenvalue weighted by Gasteiger charge is -2.21. The minimum atomic E-state index is -0.558. The molecule has 2 N–H and O–H groups in total. The quantitative estimate of drug-likeness (QED) is 0.889. The van der Waals surface area contributed by atoms with E-state index < -0.39 is 11.6 Å². The van der Waals surface area contributed by atoms with Crippen LogP contribution < -0.4 is 5.73 Å². The van der Waals surface area contributed by atoms with Crippen molar-refractivity contribution in [3.8, 4) is 0 Å². The zero-order valence-corrected chi connectivity index (χ0v) is 11.4. The van der Waals surface area contributed by atoms with E-state index in [-0.39, 0.29) is 6.04 Å². The molecule has 1 aromatic rings. The largest absolute Gasteiger partial charge is 0.323 e. The first-order valence-electron chi connectivity index (χ1n) is 7.03. The molecule has 2 unspecified atom stereocenters. The van der Waals surface area contributed by atoms with Crippen LogP contribution >= 0.6 is 0 Å². The summed E-state index contributed by atoms with van der Waals surface area (Å²) in [6.45, 7) is 4.91. The molecular formula is C15H22F2N2. The summed E-state index contributed by atoms with van der Waals surface area (Å²) in [5.41, 5.74) is 6.44. The molecule has 0 aromatic heterocycles. The standard InChI is InChI=1S/C15H22F2N2/c1-2-3-11-6-7-19(9-11)10-15(18)13-5-4-12(16)8-14(13)17/h4-5,8,11,15H,2-3,6-7,9-10,18H2,1H3. The highest BCUT2D eigenvalue weighted by molar-refractivity contribution is 5.22. The Hall–Kier alpha value is -1.00. The zero-order chi connectivity index (χ0) is 13.8. The number of hydrogen-bond donors (Lipinski definition) is 1. The van der Waals surface area contributed by atoms with Gasteiger partial charge in [0.1, 0.15) is 11.6 Å². The molecule has 1 saturated heterocycles. The molecule has 1 aromatic carbocycles. The van der Waals surface area contributed by atoms with Crippen LogP contribution in [0.2, 0.25) is 0 Å². The van der Waals surface area contributed by atoms with Gasteiger partial charge in [-0.25, -0.2) is 8.78 Å². The summed E-state index contributed by atoms with van der Waals surface area (Å²) >= 11 is 0. The van der Waals surface area contributed by atoms with Crippen molar-refractivity contribution in [1.82, 2.24) is 4.90 Å². The molecule has 2 atom stereocenters. The van der Waals surface area contributed by atoms with Crippen molar-refractivity contribution in [2.75, 3.05) is 19.6 Å². The molecule has 1 heterocycles. The first kappa shape index (κ1) is 14.4. The van der Waals surface area contributed by atoms with Gasteiger partial charge in [0.25, 0.3) is 0 Å². The van der Waals surface area contributed by atoms with E-state index in [1.807, 2.05) is 0 Å². The van der Waals surface area contributed by atoms with Crippen molar-refractivity contribution < 1.29 is 8.78 Å². The highest BCUT2D eigenvalue weighted by Gasteiger charge is 2.24. The topological polar surface area (TPSA) is 29.3 Å². The maximum absolute atomic E-state index is 13.6. The third-order valence-corrected chi connectivity index (χ3v) is 3.88. The van der Waals surface area contributed by atoms with Crippen molar-refractivity contribution in [3.63, 3.8) is 0 Å². The molecule has 2 rings (SSSR count). The summed E-state index contributed by atoms with van der Waals surface area (Å²) < 4.78 is 26.5. The third kappa shape index (κ3) is 3.74. The Kier molecular flexibility index (Phi) is 4.88. The molecule has 0 aliphatic carbocycles. The molecule has 0 spiro atoms.